The first-order valence-corrected chi connectivity index (χ1v) is 6.27. The summed E-state index contributed by atoms with van der Waals surface area (Å²) in [4.78, 5) is 2.17. The van der Waals surface area contributed by atoms with Crippen LogP contribution < -0.4 is 10.2 Å². The molecule has 0 atom stereocenters. The molecule has 3 heteroatoms. The summed E-state index contributed by atoms with van der Waals surface area (Å²) in [6.45, 7) is 2.05. The van der Waals surface area contributed by atoms with E-state index in [1.165, 1.54) is 25.3 Å². The number of rotatable bonds is 5. The highest BCUT2D eigenvalue weighted by Gasteiger charge is 2.37. The average molecular weight is 236 g/mol. The summed E-state index contributed by atoms with van der Waals surface area (Å²) in [5, 5.41) is 3.28. The van der Waals surface area contributed by atoms with Crippen LogP contribution in [0.3, 0.4) is 0 Å². The molecule has 0 aliphatic heterocycles. The van der Waals surface area contributed by atoms with Crippen molar-refractivity contribution in [3.63, 3.8) is 0 Å². The van der Waals surface area contributed by atoms with Crippen LogP contribution in [0.2, 0.25) is 0 Å². The fraction of sp³-hybridized carbons (Fsp3) is 0.571. The maximum atomic E-state index is 13.2. The lowest BCUT2D eigenvalue weighted by Crippen LogP contribution is -2.47. The molecule has 0 spiro atoms. The predicted octanol–water partition coefficient (Wildman–Crippen LogP) is 2.65. The van der Waals surface area contributed by atoms with Crippen LogP contribution in [0.5, 0.6) is 0 Å². The molecule has 94 valence electrons. The first-order chi connectivity index (χ1) is 8.15. The van der Waals surface area contributed by atoms with Crippen molar-refractivity contribution in [2.75, 3.05) is 32.1 Å². The summed E-state index contributed by atoms with van der Waals surface area (Å²) in [6.07, 6.45) is 3.86. The van der Waals surface area contributed by atoms with E-state index in [2.05, 4.69) is 10.2 Å². The Morgan fingerprint density at radius 2 is 2.18 bits per heavy atom. The molecule has 0 amide bonds. The zero-order valence-corrected chi connectivity index (χ0v) is 10.7. The minimum absolute atomic E-state index is 0.161. The van der Waals surface area contributed by atoms with Crippen LogP contribution in [-0.2, 0) is 0 Å². The number of anilines is 1. The first-order valence-electron chi connectivity index (χ1n) is 6.27. The lowest BCUT2D eigenvalue weighted by molar-refractivity contribution is 0.143. The SMILES string of the molecule is CNCC1(CN(C)c2cccc(F)c2)CCC1. The topological polar surface area (TPSA) is 15.3 Å². The number of halogens is 1. The van der Waals surface area contributed by atoms with Crippen LogP contribution in [0, 0.1) is 11.2 Å². The molecule has 1 aromatic carbocycles. The lowest BCUT2D eigenvalue weighted by Gasteiger charge is -2.45. The average Bonchev–Trinajstić information content (AvgIpc) is 2.26. The van der Waals surface area contributed by atoms with Gasteiger partial charge in [-0.25, -0.2) is 4.39 Å². The van der Waals surface area contributed by atoms with Gasteiger partial charge in [-0.15, -0.1) is 0 Å². The van der Waals surface area contributed by atoms with Gasteiger partial charge < -0.3 is 10.2 Å². The molecule has 1 N–H and O–H groups in total. The molecular weight excluding hydrogens is 215 g/mol. The monoisotopic (exact) mass is 236 g/mol. The molecule has 0 radical (unpaired) electrons. The highest BCUT2D eigenvalue weighted by molar-refractivity contribution is 5.46. The van der Waals surface area contributed by atoms with Crippen molar-refractivity contribution < 1.29 is 4.39 Å². The minimum atomic E-state index is -0.161. The predicted molar refractivity (Wildman–Crippen MR) is 69.9 cm³/mol. The van der Waals surface area contributed by atoms with E-state index in [0.717, 1.165) is 18.8 Å². The number of nitrogens with zero attached hydrogens (tertiary/aromatic N) is 1. The van der Waals surface area contributed by atoms with Gasteiger partial charge in [-0.05, 0) is 38.1 Å². The van der Waals surface area contributed by atoms with Crippen LogP contribution >= 0.6 is 0 Å². The Kier molecular flexibility index (Phi) is 3.67. The summed E-state index contributed by atoms with van der Waals surface area (Å²) < 4.78 is 13.2. The molecule has 0 unspecified atom stereocenters. The lowest BCUT2D eigenvalue weighted by atomic mass is 9.68. The molecule has 0 saturated heterocycles. The van der Waals surface area contributed by atoms with E-state index in [1.54, 1.807) is 12.1 Å². The normalized spacial score (nSPS) is 17.6. The highest BCUT2D eigenvalue weighted by atomic mass is 19.1. The number of hydrogen-bond donors (Lipinski definition) is 1. The maximum Gasteiger partial charge on any atom is 0.125 e. The molecular formula is C14H21FN2. The van der Waals surface area contributed by atoms with E-state index in [4.69, 9.17) is 0 Å². The third-order valence-electron chi connectivity index (χ3n) is 3.79. The minimum Gasteiger partial charge on any atom is -0.374 e. The van der Waals surface area contributed by atoms with E-state index in [-0.39, 0.29) is 5.82 Å². The van der Waals surface area contributed by atoms with E-state index in [1.807, 2.05) is 20.2 Å². The van der Waals surface area contributed by atoms with E-state index in [9.17, 15) is 4.39 Å². The van der Waals surface area contributed by atoms with Gasteiger partial charge in [0.1, 0.15) is 5.82 Å². The van der Waals surface area contributed by atoms with Gasteiger partial charge in [-0.2, -0.15) is 0 Å². The molecule has 1 aliphatic rings. The molecule has 1 aromatic rings. The van der Waals surface area contributed by atoms with E-state index >= 15 is 0 Å². The van der Waals surface area contributed by atoms with Crippen LogP contribution in [0.1, 0.15) is 19.3 Å². The van der Waals surface area contributed by atoms with Crippen molar-refractivity contribution in [2.45, 2.75) is 19.3 Å². The van der Waals surface area contributed by atoms with Gasteiger partial charge in [0.15, 0.2) is 0 Å². The summed E-state index contributed by atoms with van der Waals surface area (Å²) in [6, 6.07) is 6.83. The maximum absolute atomic E-state index is 13.2. The highest BCUT2D eigenvalue weighted by Crippen LogP contribution is 2.41. The summed E-state index contributed by atoms with van der Waals surface area (Å²) in [7, 11) is 4.05. The molecule has 1 saturated carbocycles. The Labute approximate surface area is 103 Å². The van der Waals surface area contributed by atoms with Gasteiger partial charge in [0.2, 0.25) is 0 Å². The summed E-state index contributed by atoms with van der Waals surface area (Å²) >= 11 is 0. The number of hydrogen-bond acceptors (Lipinski definition) is 2. The van der Waals surface area contributed by atoms with Gasteiger partial charge in [0.05, 0.1) is 0 Å². The third-order valence-corrected chi connectivity index (χ3v) is 3.79. The van der Waals surface area contributed by atoms with Crippen LogP contribution in [0.4, 0.5) is 10.1 Å². The number of nitrogens with one attached hydrogen (secondary N) is 1. The fourth-order valence-corrected chi connectivity index (χ4v) is 2.75. The van der Waals surface area contributed by atoms with Gasteiger partial charge in [-0.3, -0.25) is 0 Å². The van der Waals surface area contributed by atoms with Crippen LogP contribution in [0.25, 0.3) is 0 Å². The molecule has 0 heterocycles. The summed E-state index contributed by atoms with van der Waals surface area (Å²) in [5.41, 5.74) is 1.35. The van der Waals surface area contributed by atoms with Gasteiger partial charge in [-0.1, -0.05) is 12.5 Å². The Hall–Kier alpha value is -1.09. The van der Waals surface area contributed by atoms with Crippen molar-refractivity contribution in [1.29, 1.82) is 0 Å². The second kappa shape index (κ2) is 5.05. The molecule has 1 aliphatic carbocycles. The molecule has 2 nitrogen and oxygen atoms in total. The molecule has 17 heavy (non-hydrogen) atoms. The summed E-state index contributed by atoms with van der Waals surface area (Å²) in [5.74, 6) is -0.161. The van der Waals surface area contributed by atoms with Crippen molar-refractivity contribution >= 4 is 5.69 Å². The van der Waals surface area contributed by atoms with Gasteiger partial charge in [0, 0.05) is 31.2 Å². The van der Waals surface area contributed by atoms with Gasteiger partial charge >= 0.3 is 0 Å². The van der Waals surface area contributed by atoms with Gasteiger partial charge in [0.25, 0.3) is 0 Å². The number of benzene rings is 1. The quantitative estimate of drug-likeness (QED) is 0.845. The van der Waals surface area contributed by atoms with Crippen molar-refractivity contribution in [3.05, 3.63) is 30.1 Å². The second-order valence-electron chi connectivity index (χ2n) is 5.22. The molecule has 0 aromatic heterocycles. The zero-order valence-electron chi connectivity index (χ0n) is 10.7. The zero-order chi connectivity index (χ0) is 12.3. The Bertz CT molecular complexity index is 374. The first kappa shape index (κ1) is 12.4. The third kappa shape index (κ3) is 2.78. The molecule has 2 rings (SSSR count). The van der Waals surface area contributed by atoms with Crippen LogP contribution in [0.15, 0.2) is 24.3 Å². The van der Waals surface area contributed by atoms with Crippen LogP contribution in [-0.4, -0.2) is 27.2 Å². The van der Waals surface area contributed by atoms with Crippen molar-refractivity contribution in [2.24, 2.45) is 5.41 Å². The van der Waals surface area contributed by atoms with E-state index in [0.29, 0.717) is 5.41 Å². The smallest absolute Gasteiger partial charge is 0.125 e. The van der Waals surface area contributed by atoms with Crippen molar-refractivity contribution in [3.8, 4) is 0 Å². The largest absolute Gasteiger partial charge is 0.374 e. The fourth-order valence-electron chi connectivity index (χ4n) is 2.75. The Balaban J connectivity index is 2.03. The molecule has 0 bridgehead atoms. The second-order valence-corrected chi connectivity index (χ2v) is 5.22. The molecule has 1 fully saturated rings. The Morgan fingerprint density at radius 3 is 2.71 bits per heavy atom. The standard InChI is InChI=1S/C14H21FN2/c1-16-10-14(7-4-8-14)11-17(2)13-6-3-5-12(15)9-13/h3,5-6,9,16H,4,7-8,10-11H2,1-2H3. The Morgan fingerprint density at radius 1 is 1.41 bits per heavy atom. The van der Waals surface area contributed by atoms with E-state index < -0.39 is 0 Å². The van der Waals surface area contributed by atoms with Crippen molar-refractivity contribution in [1.82, 2.24) is 5.32 Å².